The minimum absolute atomic E-state index is 0.146. The van der Waals surface area contributed by atoms with E-state index in [1.54, 1.807) is 0 Å². The molecule has 3 heterocycles. The van der Waals surface area contributed by atoms with Gasteiger partial charge in [-0.1, -0.05) is 37.1 Å². The van der Waals surface area contributed by atoms with Crippen LogP contribution in [0.3, 0.4) is 0 Å². The van der Waals surface area contributed by atoms with E-state index >= 15 is 0 Å². The van der Waals surface area contributed by atoms with E-state index in [1.165, 1.54) is 22.1 Å². The highest BCUT2D eigenvalue weighted by molar-refractivity contribution is 5.85. The van der Waals surface area contributed by atoms with Crippen LogP contribution in [0.5, 0.6) is 0 Å². The monoisotopic (exact) mass is 426 g/mol. The van der Waals surface area contributed by atoms with Crippen LogP contribution in [0.4, 0.5) is 0 Å². The molecular formula is C27H30N4O. The molecule has 0 fully saturated rings. The Bertz CT molecular complexity index is 1220. The van der Waals surface area contributed by atoms with Crippen LogP contribution < -0.4 is 5.32 Å². The average molecular weight is 427 g/mol. The van der Waals surface area contributed by atoms with Crippen molar-refractivity contribution in [3.8, 4) is 11.3 Å². The number of rotatable bonds is 0. The molecule has 2 aromatic heterocycles. The number of benzene rings is 2. The third-order valence-corrected chi connectivity index (χ3v) is 6.44. The SMILES string of the molecule is O=C1CCc2c(ccc3[nH]ccc23)Cc2cccc(c2)-c2ccn(n2)CCCCCCN1. The molecule has 2 N–H and O–H groups in total. The zero-order chi connectivity index (χ0) is 21.8. The molecule has 0 spiro atoms. The summed E-state index contributed by atoms with van der Waals surface area (Å²) in [5.41, 5.74) is 7.12. The Labute approximate surface area is 188 Å². The van der Waals surface area contributed by atoms with Gasteiger partial charge < -0.3 is 10.3 Å². The standard InChI is InChI=1S/C27H30N4O/c32-27-11-9-23-21(8-10-26-24(23)12-15-28-26)18-20-6-5-7-22(19-20)25-13-17-31(30-25)16-4-2-1-3-14-29-27/h5-8,10,12-13,15,17,19,28H,1-4,9,11,14,16,18H2,(H,29,32). The van der Waals surface area contributed by atoms with Crippen molar-refractivity contribution in [2.24, 2.45) is 0 Å². The van der Waals surface area contributed by atoms with Crippen LogP contribution in [-0.4, -0.2) is 27.2 Å². The van der Waals surface area contributed by atoms with Gasteiger partial charge in [0.25, 0.3) is 0 Å². The highest BCUT2D eigenvalue weighted by Gasteiger charge is 2.13. The fraction of sp³-hybridized carbons (Fsp3) is 0.333. The van der Waals surface area contributed by atoms with Gasteiger partial charge in [0, 0.05) is 48.4 Å². The van der Waals surface area contributed by atoms with Gasteiger partial charge in [0.1, 0.15) is 0 Å². The Balaban J connectivity index is 1.49. The quantitative estimate of drug-likeness (QED) is 0.404. The van der Waals surface area contributed by atoms with E-state index in [9.17, 15) is 4.79 Å². The van der Waals surface area contributed by atoms with Gasteiger partial charge in [-0.05, 0) is 66.6 Å². The predicted molar refractivity (Wildman–Crippen MR) is 129 cm³/mol. The van der Waals surface area contributed by atoms with E-state index < -0.39 is 0 Å². The third-order valence-electron chi connectivity index (χ3n) is 6.44. The number of aryl methyl sites for hydroxylation is 2. The summed E-state index contributed by atoms with van der Waals surface area (Å²) in [5.74, 6) is 0.146. The summed E-state index contributed by atoms with van der Waals surface area (Å²) in [6, 6.07) is 17.3. The molecule has 5 heteroatoms. The first kappa shape index (κ1) is 20.6. The summed E-state index contributed by atoms with van der Waals surface area (Å²) in [6.07, 6.45) is 10.6. The maximum Gasteiger partial charge on any atom is 0.220 e. The Kier molecular flexibility index (Phi) is 6.06. The molecule has 0 unspecified atom stereocenters. The first-order chi connectivity index (χ1) is 15.8. The zero-order valence-electron chi connectivity index (χ0n) is 18.4. The molecule has 0 atom stereocenters. The number of nitrogens with zero attached hydrogens (tertiary/aromatic N) is 2. The molecule has 5 rings (SSSR count). The molecule has 4 aromatic rings. The molecule has 0 saturated carbocycles. The second-order valence-corrected chi connectivity index (χ2v) is 8.75. The number of carbonyl (C=O) groups excluding carboxylic acids is 1. The predicted octanol–water partition coefficient (Wildman–Crippen LogP) is 5.25. The summed E-state index contributed by atoms with van der Waals surface area (Å²) >= 11 is 0. The Morgan fingerprint density at radius 2 is 1.88 bits per heavy atom. The topological polar surface area (TPSA) is 62.7 Å². The number of carbonyl (C=O) groups is 1. The van der Waals surface area contributed by atoms with Crippen LogP contribution in [0.2, 0.25) is 0 Å². The molecule has 1 aliphatic rings. The fourth-order valence-corrected chi connectivity index (χ4v) is 4.71. The lowest BCUT2D eigenvalue weighted by molar-refractivity contribution is -0.121. The maximum absolute atomic E-state index is 12.5. The van der Waals surface area contributed by atoms with Gasteiger partial charge in [-0.15, -0.1) is 0 Å². The second-order valence-electron chi connectivity index (χ2n) is 8.75. The Morgan fingerprint density at radius 3 is 2.84 bits per heavy atom. The van der Waals surface area contributed by atoms with E-state index in [0.717, 1.165) is 68.4 Å². The normalized spacial score (nSPS) is 15.9. The van der Waals surface area contributed by atoms with E-state index in [-0.39, 0.29) is 5.91 Å². The lowest BCUT2D eigenvalue weighted by Gasteiger charge is -2.13. The van der Waals surface area contributed by atoms with E-state index in [2.05, 4.69) is 69.7 Å². The highest BCUT2D eigenvalue weighted by atomic mass is 16.1. The van der Waals surface area contributed by atoms with Gasteiger partial charge in [-0.3, -0.25) is 9.48 Å². The van der Waals surface area contributed by atoms with Crippen molar-refractivity contribution >= 4 is 16.8 Å². The zero-order valence-corrected chi connectivity index (χ0v) is 18.4. The van der Waals surface area contributed by atoms with Gasteiger partial charge in [-0.25, -0.2) is 0 Å². The van der Waals surface area contributed by atoms with Gasteiger partial charge in [0.2, 0.25) is 5.91 Å². The third kappa shape index (κ3) is 4.62. The lowest BCUT2D eigenvalue weighted by atomic mass is 9.93. The molecule has 0 aliphatic carbocycles. The number of hydrogen-bond donors (Lipinski definition) is 2. The minimum Gasteiger partial charge on any atom is -0.361 e. The lowest BCUT2D eigenvalue weighted by Crippen LogP contribution is -2.24. The van der Waals surface area contributed by atoms with Crippen LogP contribution in [-0.2, 0) is 24.2 Å². The van der Waals surface area contributed by atoms with Crippen molar-refractivity contribution in [3.63, 3.8) is 0 Å². The Hall–Kier alpha value is -3.34. The molecule has 2 aromatic carbocycles. The molecule has 164 valence electrons. The van der Waals surface area contributed by atoms with Crippen LogP contribution in [0.15, 0.2) is 60.9 Å². The molecule has 0 radical (unpaired) electrons. The molecule has 4 bridgehead atoms. The summed E-state index contributed by atoms with van der Waals surface area (Å²) < 4.78 is 2.05. The molecule has 1 amide bonds. The van der Waals surface area contributed by atoms with E-state index in [0.29, 0.717) is 6.42 Å². The van der Waals surface area contributed by atoms with Gasteiger partial charge in [-0.2, -0.15) is 5.10 Å². The largest absolute Gasteiger partial charge is 0.361 e. The van der Waals surface area contributed by atoms with E-state index in [4.69, 9.17) is 5.10 Å². The summed E-state index contributed by atoms with van der Waals surface area (Å²) in [5, 5.41) is 9.14. The van der Waals surface area contributed by atoms with Crippen molar-refractivity contribution in [2.75, 3.05) is 6.54 Å². The van der Waals surface area contributed by atoms with Gasteiger partial charge in [0.15, 0.2) is 0 Å². The van der Waals surface area contributed by atoms with Crippen molar-refractivity contribution in [2.45, 2.75) is 51.5 Å². The molecule has 0 saturated heterocycles. The number of amides is 1. The summed E-state index contributed by atoms with van der Waals surface area (Å²) in [6.45, 7) is 1.70. The van der Waals surface area contributed by atoms with E-state index in [1.807, 2.05) is 6.20 Å². The average Bonchev–Trinajstić information content (AvgIpc) is 3.47. The first-order valence-corrected chi connectivity index (χ1v) is 11.7. The summed E-state index contributed by atoms with van der Waals surface area (Å²) in [7, 11) is 0. The van der Waals surface area contributed by atoms with Gasteiger partial charge >= 0.3 is 0 Å². The number of fused-ring (bicyclic) bond motifs is 8. The number of nitrogens with one attached hydrogen (secondary N) is 2. The van der Waals surface area contributed by atoms with Crippen molar-refractivity contribution in [3.05, 3.63) is 77.6 Å². The summed E-state index contributed by atoms with van der Waals surface area (Å²) in [4.78, 5) is 15.8. The number of aromatic amines is 1. The van der Waals surface area contributed by atoms with Crippen LogP contribution in [0, 0.1) is 0 Å². The second kappa shape index (κ2) is 9.43. The fourth-order valence-electron chi connectivity index (χ4n) is 4.71. The number of hydrogen-bond acceptors (Lipinski definition) is 2. The molecule has 1 aliphatic heterocycles. The smallest absolute Gasteiger partial charge is 0.220 e. The van der Waals surface area contributed by atoms with Crippen molar-refractivity contribution < 1.29 is 4.79 Å². The van der Waals surface area contributed by atoms with Crippen LogP contribution in [0.25, 0.3) is 22.2 Å². The highest BCUT2D eigenvalue weighted by Crippen LogP contribution is 2.27. The van der Waals surface area contributed by atoms with Crippen molar-refractivity contribution in [1.29, 1.82) is 0 Å². The van der Waals surface area contributed by atoms with Gasteiger partial charge in [0.05, 0.1) is 5.69 Å². The maximum atomic E-state index is 12.5. The number of aromatic nitrogens is 3. The number of H-pyrrole nitrogens is 1. The Morgan fingerprint density at radius 1 is 0.938 bits per heavy atom. The molecule has 5 nitrogen and oxygen atoms in total. The minimum atomic E-state index is 0.146. The molecule has 32 heavy (non-hydrogen) atoms. The van der Waals surface area contributed by atoms with Crippen LogP contribution >= 0.6 is 0 Å². The van der Waals surface area contributed by atoms with Crippen molar-refractivity contribution in [1.82, 2.24) is 20.1 Å². The molecular weight excluding hydrogens is 396 g/mol. The first-order valence-electron chi connectivity index (χ1n) is 11.7. The van der Waals surface area contributed by atoms with Crippen LogP contribution in [0.1, 0.15) is 48.8 Å².